The molecule has 1 unspecified atom stereocenters. The summed E-state index contributed by atoms with van der Waals surface area (Å²) in [6, 6.07) is 0. The number of aliphatic hydroxyl groups is 1. The molecular weight excluding hydrogens is 290 g/mol. The molecule has 1 rings (SSSR count). The number of nitrogens with zero attached hydrogens (tertiary/aromatic N) is 1. The molecule has 0 spiro atoms. The SMILES string of the molecule is CC(=O)O.CCCC(O)OOC1CC(C)(C)N(O)C(C)(C)C1. The van der Waals surface area contributed by atoms with E-state index >= 15 is 0 Å². The summed E-state index contributed by atoms with van der Waals surface area (Å²) in [5.74, 6) is -0.833. The van der Waals surface area contributed by atoms with Crippen molar-refractivity contribution in [1.29, 1.82) is 0 Å². The third kappa shape index (κ3) is 7.51. The number of hydrogen-bond donors (Lipinski definition) is 3. The zero-order valence-corrected chi connectivity index (χ0v) is 14.5. The lowest BCUT2D eigenvalue weighted by molar-refractivity contribution is -0.408. The predicted molar refractivity (Wildman–Crippen MR) is 81.2 cm³/mol. The lowest BCUT2D eigenvalue weighted by Gasteiger charge is -2.50. The van der Waals surface area contributed by atoms with Crippen LogP contribution in [0.15, 0.2) is 0 Å². The second-order valence-electron chi connectivity index (χ2n) is 6.92. The highest BCUT2D eigenvalue weighted by Crippen LogP contribution is 2.38. The normalized spacial score (nSPS) is 22.5. The largest absolute Gasteiger partial charge is 0.481 e. The van der Waals surface area contributed by atoms with E-state index in [2.05, 4.69) is 0 Å². The van der Waals surface area contributed by atoms with E-state index in [9.17, 15) is 10.3 Å². The Morgan fingerprint density at radius 2 is 1.68 bits per heavy atom. The van der Waals surface area contributed by atoms with Crippen LogP contribution in [0.5, 0.6) is 0 Å². The van der Waals surface area contributed by atoms with Gasteiger partial charge in [-0.25, -0.2) is 9.78 Å². The van der Waals surface area contributed by atoms with E-state index < -0.39 is 12.3 Å². The van der Waals surface area contributed by atoms with Gasteiger partial charge >= 0.3 is 0 Å². The van der Waals surface area contributed by atoms with Crippen molar-refractivity contribution in [3.63, 3.8) is 0 Å². The molecule has 22 heavy (non-hydrogen) atoms. The van der Waals surface area contributed by atoms with Gasteiger partial charge in [0.1, 0.15) is 0 Å². The Morgan fingerprint density at radius 3 is 2.05 bits per heavy atom. The van der Waals surface area contributed by atoms with Crippen LogP contribution in [0.1, 0.15) is 67.2 Å². The molecule has 0 aromatic rings. The van der Waals surface area contributed by atoms with E-state index in [1.807, 2.05) is 34.6 Å². The predicted octanol–water partition coefficient (Wildman–Crippen LogP) is 2.55. The van der Waals surface area contributed by atoms with Crippen LogP contribution in [-0.4, -0.2) is 49.9 Å². The second-order valence-corrected chi connectivity index (χ2v) is 6.92. The number of rotatable bonds is 5. The summed E-state index contributed by atoms with van der Waals surface area (Å²) in [5.41, 5.74) is -0.739. The van der Waals surface area contributed by atoms with Crippen molar-refractivity contribution >= 4 is 5.97 Å². The molecule has 0 amide bonds. The van der Waals surface area contributed by atoms with E-state index in [1.54, 1.807) is 0 Å². The van der Waals surface area contributed by atoms with Crippen LogP contribution in [-0.2, 0) is 14.6 Å². The second kappa shape index (κ2) is 8.79. The molecule has 0 radical (unpaired) electrons. The van der Waals surface area contributed by atoms with Crippen molar-refractivity contribution in [2.75, 3.05) is 0 Å². The zero-order chi connectivity index (χ0) is 17.6. The van der Waals surface area contributed by atoms with E-state index in [4.69, 9.17) is 19.7 Å². The van der Waals surface area contributed by atoms with Crippen molar-refractivity contribution in [2.24, 2.45) is 0 Å². The van der Waals surface area contributed by atoms with Gasteiger partial charge in [0.05, 0.1) is 6.10 Å². The van der Waals surface area contributed by atoms with Crippen LogP contribution < -0.4 is 0 Å². The third-order valence-corrected chi connectivity index (χ3v) is 3.44. The van der Waals surface area contributed by atoms with Crippen LogP contribution >= 0.6 is 0 Å². The van der Waals surface area contributed by atoms with Crippen molar-refractivity contribution < 1.29 is 30.0 Å². The Balaban J connectivity index is 0.000000980. The maximum absolute atomic E-state index is 10.1. The van der Waals surface area contributed by atoms with E-state index in [0.717, 1.165) is 13.3 Å². The Kier molecular flexibility index (Phi) is 8.49. The molecule has 1 aliphatic heterocycles. The highest BCUT2D eigenvalue weighted by Gasteiger charge is 2.46. The van der Waals surface area contributed by atoms with Gasteiger partial charge in [0.2, 0.25) is 0 Å². The minimum Gasteiger partial charge on any atom is -0.481 e. The average Bonchev–Trinajstić information content (AvgIpc) is 2.32. The van der Waals surface area contributed by atoms with Crippen LogP contribution in [0.25, 0.3) is 0 Å². The number of carboxylic acid groups (broad SMARTS) is 1. The van der Waals surface area contributed by atoms with Gasteiger partial charge in [0.15, 0.2) is 6.29 Å². The summed E-state index contributed by atoms with van der Waals surface area (Å²) < 4.78 is 0. The molecule has 3 N–H and O–H groups in total. The Hall–Kier alpha value is -0.730. The number of carbonyl (C=O) groups is 1. The number of aliphatic carboxylic acids is 1. The van der Waals surface area contributed by atoms with Crippen molar-refractivity contribution in [3.8, 4) is 0 Å². The summed E-state index contributed by atoms with van der Waals surface area (Å²) in [6.07, 6.45) is 1.73. The third-order valence-electron chi connectivity index (χ3n) is 3.44. The van der Waals surface area contributed by atoms with Gasteiger partial charge < -0.3 is 15.4 Å². The number of hydroxylamine groups is 2. The van der Waals surface area contributed by atoms with Crippen LogP contribution in [0.3, 0.4) is 0 Å². The minimum atomic E-state index is -0.867. The van der Waals surface area contributed by atoms with Crippen LogP contribution in [0.2, 0.25) is 0 Å². The minimum absolute atomic E-state index is 0.120. The lowest BCUT2D eigenvalue weighted by Crippen LogP contribution is -2.60. The molecule has 0 saturated carbocycles. The van der Waals surface area contributed by atoms with Gasteiger partial charge in [-0.1, -0.05) is 13.3 Å². The van der Waals surface area contributed by atoms with Crippen LogP contribution in [0.4, 0.5) is 0 Å². The van der Waals surface area contributed by atoms with E-state index in [0.29, 0.717) is 19.3 Å². The molecule has 1 heterocycles. The fourth-order valence-electron chi connectivity index (χ4n) is 2.68. The molecule has 0 bridgehead atoms. The maximum atomic E-state index is 10.1. The van der Waals surface area contributed by atoms with E-state index in [-0.39, 0.29) is 17.2 Å². The summed E-state index contributed by atoms with van der Waals surface area (Å²) in [5, 5.41) is 28.4. The Labute approximate surface area is 132 Å². The first kappa shape index (κ1) is 21.3. The molecule has 1 atom stereocenters. The zero-order valence-electron chi connectivity index (χ0n) is 14.5. The number of hydrogen-bond acceptors (Lipinski definition) is 6. The standard InChI is InChI=1S/C13H27NO4.C2H4O2/c1-6-7-11(15)18-17-10-8-12(2,3)14(16)13(4,5)9-10;1-2(3)4/h10-11,15-16H,6-9H2,1-5H3;1H3,(H,3,4). The smallest absolute Gasteiger partial charge is 0.300 e. The molecule has 0 aromatic heterocycles. The van der Waals surface area contributed by atoms with Gasteiger partial charge in [0.25, 0.3) is 5.97 Å². The fourth-order valence-corrected chi connectivity index (χ4v) is 2.68. The first-order chi connectivity index (χ1) is 9.92. The summed E-state index contributed by atoms with van der Waals surface area (Å²) >= 11 is 0. The van der Waals surface area contributed by atoms with Crippen LogP contribution in [0, 0.1) is 0 Å². The van der Waals surface area contributed by atoms with Gasteiger partial charge in [0, 0.05) is 24.4 Å². The topological polar surface area (TPSA) is 99.5 Å². The van der Waals surface area contributed by atoms with Crippen molar-refractivity contribution in [3.05, 3.63) is 0 Å². The van der Waals surface area contributed by atoms with Crippen molar-refractivity contribution in [1.82, 2.24) is 5.06 Å². The molecule has 0 aromatic carbocycles. The fraction of sp³-hybridized carbons (Fsp3) is 0.933. The molecular formula is C15H31NO6. The first-order valence-corrected chi connectivity index (χ1v) is 7.61. The van der Waals surface area contributed by atoms with Gasteiger partial charge in [-0.05, 0) is 40.5 Å². The summed E-state index contributed by atoms with van der Waals surface area (Å²) in [6.45, 7) is 10.9. The monoisotopic (exact) mass is 321 g/mol. The molecule has 1 fully saturated rings. The Bertz CT molecular complexity index is 323. The number of piperidine rings is 1. The average molecular weight is 321 g/mol. The van der Waals surface area contributed by atoms with E-state index in [1.165, 1.54) is 5.06 Å². The molecule has 1 aliphatic rings. The lowest BCUT2D eigenvalue weighted by atomic mass is 9.80. The quantitative estimate of drug-likeness (QED) is 0.406. The number of carboxylic acids is 1. The first-order valence-electron chi connectivity index (χ1n) is 7.61. The maximum Gasteiger partial charge on any atom is 0.300 e. The molecule has 7 heteroatoms. The summed E-state index contributed by atoms with van der Waals surface area (Å²) in [7, 11) is 0. The molecule has 132 valence electrons. The van der Waals surface area contributed by atoms with Gasteiger partial charge in [-0.15, -0.1) is 0 Å². The highest BCUT2D eigenvalue weighted by molar-refractivity contribution is 5.62. The Morgan fingerprint density at radius 1 is 1.27 bits per heavy atom. The molecule has 1 saturated heterocycles. The highest BCUT2D eigenvalue weighted by atomic mass is 17.2. The summed E-state index contributed by atoms with van der Waals surface area (Å²) in [4.78, 5) is 19.3. The number of aliphatic hydroxyl groups excluding tert-OH is 1. The molecule has 7 nitrogen and oxygen atoms in total. The van der Waals surface area contributed by atoms with Gasteiger partial charge in [-0.3, -0.25) is 4.79 Å². The van der Waals surface area contributed by atoms with Crippen molar-refractivity contribution in [2.45, 2.75) is 90.7 Å². The van der Waals surface area contributed by atoms with Gasteiger partial charge in [-0.2, -0.15) is 5.06 Å². The molecule has 0 aliphatic carbocycles.